The fraction of sp³-hybridized carbons (Fsp3) is 0.348. The van der Waals surface area contributed by atoms with Gasteiger partial charge in [-0.3, -0.25) is 4.79 Å². The van der Waals surface area contributed by atoms with Gasteiger partial charge in [-0.25, -0.2) is 9.79 Å². The lowest BCUT2D eigenvalue weighted by Crippen LogP contribution is -2.40. The molecule has 0 unspecified atom stereocenters. The highest BCUT2D eigenvalue weighted by molar-refractivity contribution is 6.21. The Balaban J connectivity index is 2.56. The first kappa shape index (κ1) is 22.9. The Morgan fingerprint density at radius 2 is 2.00 bits per heavy atom. The lowest BCUT2D eigenvalue weighted by Gasteiger charge is -2.30. The molecule has 1 heterocycles. The van der Waals surface area contributed by atoms with Gasteiger partial charge in [-0.15, -0.1) is 0 Å². The van der Waals surface area contributed by atoms with Crippen LogP contribution < -0.4 is 11.1 Å². The van der Waals surface area contributed by atoms with Crippen molar-refractivity contribution < 1.29 is 14.7 Å². The summed E-state index contributed by atoms with van der Waals surface area (Å²) >= 11 is 0. The zero-order valence-electron chi connectivity index (χ0n) is 18.5. The Kier molecular flexibility index (Phi) is 7.21. The van der Waals surface area contributed by atoms with Crippen molar-refractivity contribution in [3.05, 3.63) is 63.8 Å². The minimum Gasteiger partial charge on any atom is -0.478 e. The number of aryl methyl sites for hydroxylation is 1. The highest BCUT2D eigenvalue weighted by Crippen LogP contribution is 2.27. The topological polar surface area (TPSA) is 108 Å². The standard InChI is InChI=1S/C23H30N4O3/c1-7-9-16-19(24)20(18(8-2)27(6)22(16)28)26-21(13(3)4)25-17-11-10-15(23(29)30)12-14(17)5/h8,10-12,25H,7,9,24H2,1-6H3,(H,29,30)/b18-8+,26-20+. The smallest absolute Gasteiger partial charge is 0.335 e. The summed E-state index contributed by atoms with van der Waals surface area (Å²) < 4.78 is 0. The molecule has 160 valence electrons. The van der Waals surface area contributed by atoms with E-state index < -0.39 is 5.97 Å². The monoisotopic (exact) mass is 410 g/mol. The maximum absolute atomic E-state index is 12.7. The second-order valence-corrected chi connectivity index (χ2v) is 7.45. The van der Waals surface area contributed by atoms with Gasteiger partial charge in [0.1, 0.15) is 11.5 Å². The molecule has 1 amide bonds. The number of nitrogens with one attached hydrogen (secondary N) is 1. The molecule has 7 nitrogen and oxygen atoms in total. The van der Waals surface area contributed by atoms with Crippen molar-refractivity contribution in [1.82, 2.24) is 4.90 Å². The van der Waals surface area contributed by atoms with Gasteiger partial charge in [-0.1, -0.05) is 19.4 Å². The molecule has 0 aromatic heterocycles. The maximum Gasteiger partial charge on any atom is 0.335 e. The number of amides is 1. The third-order valence-electron chi connectivity index (χ3n) is 4.94. The van der Waals surface area contributed by atoms with Crippen molar-refractivity contribution in [2.45, 2.75) is 47.5 Å². The molecule has 0 spiro atoms. The molecule has 1 aromatic rings. The van der Waals surface area contributed by atoms with E-state index in [0.717, 1.165) is 23.2 Å². The number of hydrogen-bond acceptors (Lipinski definition) is 5. The van der Waals surface area contributed by atoms with E-state index >= 15 is 0 Å². The number of carbonyl (C=O) groups is 2. The van der Waals surface area contributed by atoms with Crippen LogP contribution in [-0.4, -0.2) is 34.6 Å². The number of hydrogen-bond donors (Lipinski definition) is 3. The summed E-state index contributed by atoms with van der Waals surface area (Å²) in [6.07, 6.45) is 3.21. The minimum atomic E-state index is -0.971. The molecule has 0 saturated heterocycles. The fourth-order valence-electron chi connectivity index (χ4n) is 3.25. The van der Waals surface area contributed by atoms with Gasteiger partial charge in [0.2, 0.25) is 0 Å². The highest BCUT2D eigenvalue weighted by Gasteiger charge is 2.31. The average molecular weight is 411 g/mol. The number of likely N-dealkylation sites (N-methyl/N-ethyl adjacent to an activating group) is 1. The zero-order valence-corrected chi connectivity index (χ0v) is 18.5. The Morgan fingerprint density at radius 1 is 1.33 bits per heavy atom. The van der Waals surface area contributed by atoms with Gasteiger partial charge < -0.3 is 21.1 Å². The molecule has 2 rings (SSSR count). The number of benzene rings is 1. The molecule has 0 aliphatic carbocycles. The normalized spacial score (nSPS) is 17.0. The van der Waals surface area contributed by atoms with E-state index in [9.17, 15) is 14.7 Å². The molecule has 30 heavy (non-hydrogen) atoms. The van der Waals surface area contributed by atoms with Crippen LogP contribution in [0.1, 0.15) is 56.5 Å². The number of nitrogens with two attached hydrogens (primary N) is 1. The molecule has 4 N–H and O–H groups in total. The summed E-state index contributed by atoms with van der Waals surface area (Å²) in [4.78, 5) is 30.3. The van der Waals surface area contributed by atoms with E-state index in [-0.39, 0.29) is 11.5 Å². The van der Waals surface area contributed by atoms with Crippen LogP contribution in [0, 0.1) is 6.92 Å². The molecule has 1 aromatic carbocycles. The second-order valence-electron chi connectivity index (χ2n) is 7.45. The highest BCUT2D eigenvalue weighted by atomic mass is 16.4. The van der Waals surface area contributed by atoms with Crippen molar-refractivity contribution in [2.24, 2.45) is 10.7 Å². The molecular weight excluding hydrogens is 380 g/mol. The van der Waals surface area contributed by atoms with Gasteiger partial charge in [0.05, 0.1) is 17.0 Å². The quantitative estimate of drug-likeness (QED) is 0.652. The molecule has 0 atom stereocenters. The van der Waals surface area contributed by atoms with Gasteiger partial charge in [-0.2, -0.15) is 0 Å². The molecular formula is C23H30N4O3. The number of aliphatic imine (C=N–C) groups is 1. The largest absolute Gasteiger partial charge is 0.478 e. The van der Waals surface area contributed by atoms with Crippen molar-refractivity contribution >= 4 is 23.3 Å². The summed E-state index contributed by atoms with van der Waals surface area (Å²) in [5, 5.41) is 12.5. The molecule has 7 heteroatoms. The third-order valence-corrected chi connectivity index (χ3v) is 4.94. The minimum absolute atomic E-state index is 0.104. The summed E-state index contributed by atoms with van der Waals surface area (Å²) in [7, 11) is 1.72. The molecule has 1 aliphatic rings. The number of allylic oxidation sites excluding steroid dienone is 2. The number of nitrogens with zero attached hydrogens (tertiary/aromatic N) is 2. The summed E-state index contributed by atoms with van der Waals surface area (Å²) in [5.74, 6) is -0.480. The van der Waals surface area contributed by atoms with E-state index in [1.54, 1.807) is 30.1 Å². The van der Waals surface area contributed by atoms with Gasteiger partial charge in [-0.05, 0) is 63.5 Å². The van der Waals surface area contributed by atoms with Crippen LogP contribution in [0.4, 0.5) is 5.69 Å². The first-order valence-electron chi connectivity index (χ1n) is 9.93. The van der Waals surface area contributed by atoms with E-state index in [2.05, 4.69) is 5.32 Å². The second kappa shape index (κ2) is 9.43. The summed E-state index contributed by atoms with van der Waals surface area (Å²) in [6, 6.07) is 4.88. The van der Waals surface area contributed by atoms with Crippen molar-refractivity contribution in [2.75, 3.05) is 12.4 Å². The van der Waals surface area contributed by atoms with E-state index in [4.69, 9.17) is 10.7 Å². The van der Waals surface area contributed by atoms with Crippen LogP contribution in [0.25, 0.3) is 0 Å². The Bertz CT molecular complexity index is 996. The number of carboxylic acids is 1. The maximum atomic E-state index is 12.7. The van der Waals surface area contributed by atoms with Crippen LogP contribution in [0.3, 0.4) is 0 Å². The molecule has 0 fully saturated rings. The van der Waals surface area contributed by atoms with Crippen molar-refractivity contribution in [1.29, 1.82) is 0 Å². The Hall–Kier alpha value is -3.35. The SMILES string of the molecule is C/C=C1\C(=N/C(Nc2ccc(C(=O)O)cc2C)=C(C)C)C(N)=C(CCC)C(=O)N1C. The third kappa shape index (κ3) is 4.62. The van der Waals surface area contributed by atoms with E-state index in [1.807, 2.05) is 40.7 Å². The van der Waals surface area contributed by atoms with E-state index in [0.29, 0.717) is 34.9 Å². The van der Waals surface area contributed by atoms with Crippen LogP contribution in [0.2, 0.25) is 0 Å². The average Bonchev–Trinajstić information content (AvgIpc) is 2.69. The molecule has 1 aliphatic heterocycles. The van der Waals surface area contributed by atoms with Crippen LogP contribution >= 0.6 is 0 Å². The first-order chi connectivity index (χ1) is 14.1. The number of carbonyl (C=O) groups excluding carboxylic acids is 1. The fourth-order valence-corrected chi connectivity index (χ4v) is 3.25. The number of carboxylic acid groups (broad SMARTS) is 1. The Labute approximate surface area is 177 Å². The van der Waals surface area contributed by atoms with Gasteiger partial charge in [0, 0.05) is 18.3 Å². The van der Waals surface area contributed by atoms with Crippen LogP contribution in [-0.2, 0) is 4.79 Å². The van der Waals surface area contributed by atoms with Crippen molar-refractivity contribution in [3.8, 4) is 0 Å². The number of anilines is 1. The van der Waals surface area contributed by atoms with Gasteiger partial charge in [0.25, 0.3) is 5.91 Å². The number of rotatable bonds is 6. The molecule has 0 radical (unpaired) electrons. The van der Waals surface area contributed by atoms with E-state index in [1.165, 1.54) is 0 Å². The predicted octanol–water partition coefficient (Wildman–Crippen LogP) is 4.19. The van der Waals surface area contributed by atoms with Crippen LogP contribution in [0.15, 0.2) is 57.6 Å². The summed E-state index contributed by atoms with van der Waals surface area (Å²) in [6.45, 7) is 9.53. The van der Waals surface area contributed by atoms with Gasteiger partial charge in [0.15, 0.2) is 0 Å². The van der Waals surface area contributed by atoms with Gasteiger partial charge >= 0.3 is 5.97 Å². The van der Waals surface area contributed by atoms with Crippen molar-refractivity contribution in [3.63, 3.8) is 0 Å². The lowest BCUT2D eigenvalue weighted by molar-refractivity contribution is -0.124. The summed E-state index contributed by atoms with van der Waals surface area (Å²) in [5.41, 5.74) is 11.2. The van der Waals surface area contributed by atoms with Crippen LogP contribution in [0.5, 0.6) is 0 Å². The first-order valence-corrected chi connectivity index (χ1v) is 9.93. The zero-order chi connectivity index (χ0) is 22.6. The predicted molar refractivity (Wildman–Crippen MR) is 120 cm³/mol. The Morgan fingerprint density at radius 3 is 2.50 bits per heavy atom. The molecule has 0 bridgehead atoms. The number of aromatic carboxylic acids is 1. The molecule has 0 saturated carbocycles. The lowest BCUT2D eigenvalue weighted by atomic mass is 9.97.